The summed E-state index contributed by atoms with van der Waals surface area (Å²) in [5, 5.41) is 1.89. The van der Waals surface area contributed by atoms with E-state index >= 15 is 0 Å². The Morgan fingerprint density at radius 1 is 1.22 bits per heavy atom. The number of nitrogens with zero attached hydrogens (tertiary/aromatic N) is 2. The molecule has 0 saturated carbocycles. The Balaban J connectivity index is 1.52. The third-order valence-electron chi connectivity index (χ3n) is 5.80. The second-order valence-electron chi connectivity index (χ2n) is 8.44. The van der Waals surface area contributed by atoms with Gasteiger partial charge in [0, 0.05) is 35.6 Å². The van der Waals surface area contributed by atoms with Crippen LogP contribution < -0.4 is 5.73 Å². The highest BCUT2D eigenvalue weighted by molar-refractivity contribution is 7.10. The van der Waals surface area contributed by atoms with Crippen LogP contribution in [0.3, 0.4) is 0 Å². The Morgan fingerprint density at radius 2 is 2.00 bits per heavy atom. The molecule has 7 heteroatoms. The Bertz CT molecular complexity index is 1100. The maximum absolute atomic E-state index is 13.1. The van der Waals surface area contributed by atoms with Gasteiger partial charge in [-0.3, -0.25) is 14.6 Å². The van der Waals surface area contributed by atoms with Crippen molar-refractivity contribution in [2.45, 2.75) is 31.8 Å². The van der Waals surface area contributed by atoms with E-state index in [9.17, 15) is 9.59 Å². The van der Waals surface area contributed by atoms with Gasteiger partial charge in [0.2, 0.25) is 0 Å². The van der Waals surface area contributed by atoms with Crippen LogP contribution in [0.1, 0.15) is 40.6 Å². The van der Waals surface area contributed by atoms with E-state index in [1.165, 1.54) is 0 Å². The van der Waals surface area contributed by atoms with Crippen molar-refractivity contribution >= 4 is 23.2 Å². The molecule has 4 rings (SSSR count). The molecule has 0 unspecified atom stereocenters. The minimum absolute atomic E-state index is 0.0889. The van der Waals surface area contributed by atoms with Crippen LogP contribution in [0.4, 0.5) is 0 Å². The quantitative estimate of drug-likeness (QED) is 0.619. The van der Waals surface area contributed by atoms with Crippen molar-refractivity contribution in [2.24, 2.45) is 5.73 Å². The first-order valence-corrected chi connectivity index (χ1v) is 11.6. The van der Waals surface area contributed by atoms with Crippen LogP contribution >= 0.6 is 11.3 Å². The smallest absolute Gasteiger partial charge is 0.254 e. The second kappa shape index (κ2) is 9.22. The highest BCUT2D eigenvalue weighted by Gasteiger charge is 2.44. The topological polar surface area (TPSA) is 85.5 Å². The number of carbonyl (C=O) groups excluding carboxylic acids is 2. The summed E-state index contributed by atoms with van der Waals surface area (Å²) < 4.78 is 5.93. The molecule has 3 aromatic rings. The summed E-state index contributed by atoms with van der Waals surface area (Å²) in [6, 6.07) is 13.7. The number of primary amides is 1. The monoisotopic (exact) mass is 449 g/mol. The molecule has 0 bridgehead atoms. The number of morpholine rings is 1. The van der Waals surface area contributed by atoms with E-state index in [-0.39, 0.29) is 19.1 Å². The van der Waals surface area contributed by atoms with Gasteiger partial charge in [-0.2, -0.15) is 0 Å². The molecule has 1 atom stereocenters. The predicted molar refractivity (Wildman–Crippen MR) is 126 cm³/mol. The Kier molecular flexibility index (Phi) is 6.39. The van der Waals surface area contributed by atoms with Crippen molar-refractivity contribution < 1.29 is 14.3 Å². The number of rotatable bonds is 6. The van der Waals surface area contributed by atoms with Gasteiger partial charge in [0.05, 0.1) is 18.7 Å². The van der Waals surface area contributed by atoms with Crippen molar-refractivity contribution in [3.8, 4) is 11.1 Å². The van der Waals surface area contributed by atoms with Crippen molar-refractivity contribution in [1.29, 1.82) is 0 Å². The van der Waals surface area contributed by atoms with E-state index in [0.29, 0.717) is 24.4 Å². The van der Waals surface area contributed by atoms with Crippen molar-refractivity contribution in [3.05, 3.63) is 76.2 Å². The molecule has 1 aliphatic rings. The first-order valence-electron chi connectivity index (χ1n) is 10.7. The average Bonchev–Trinajstić information content (AvgIpc) is 3.30. The number of aromatic nitrogens is 1. The fourth-order valence-electron chi connectivity index (χ4n) is 3.93. The van der Waals surface area contributed by atoms with Gasteiger partial charge in [0.15, 0.2) is 5.60 Å². The van der Waals surface area contributed by atoms with Crippen LogP contribution in [-0.2, 0) is 16.0 Å². The number of hydrogen-bond donors (Lipinski definition) is 1. The number of thiophene rings is 1. The molecule has 166 valence electrons. The summed E-state index contributed by atoms with van der Waals surface area (Å²) in [6.07, 6.45) is 3.85. The van der Waals surface area contributed by atoms with Crippen LogP contribution in [0, 0.1) is 0 Å². The second-order valence-corrected chi connectivity index (χ2v) is 9.38. The molecule has 2 amide bonds. The number of ether oxygens (including phenoxy) is 1. The number of carbonyl (C=O) groups is 2. The molecular formula is C25H27N3O3S. The number of amides is 2. The molecule has 1 aliphatic heterocycles. The first-order chi connectivity index (χ1) is 15.4. The highest BCUT2D eigenvalue weighted by atomic mass is 32.1. The molecule has 6 nitrogen and oxygen atoms in total. The van der Waals surface area contributed by atoms with E-state index in [1.807, 2.05) is 54.0 Å². The fraction of sp³-hybridized carbons (Fsp3) is 0.320. The lowest BCUT2D eigenvalue weighted by Gasteiger charge is -2.40. The van der Waals surface area contributed by atoms with E-state index < -0.39 is 11.5 Å². The minimum atomic E-state index is -1.25. The van der Waals surface area contributed by atoms with Crippen LogP contribution in [0.25, 0.3) is 11.1 Å². The lowest BCUT2D eigenvalue weighted by Crippen LogP contribution is -2.61. The van der Waals surface area contributed by atoms with Gasteiger partial charge in [-0.05, 0) is 34.7 Å². The van der Waals surface area contributed by atoms with E-state index in [2.05, 4.69) is 18.8 Å². The standard InChI is InChI=1S/C25H27N3O3S/c1-17(2)22-12-21(15-32-22)23(29)28-10-11-31-25(16-28,24(26)30)13-18-5-7-19(8-6-18)20-4-3-9-27-14-20/h3-9,12,14-15,17H,10-11,13,16H2,1-2H3,(H2,26,30)/t25-/m0/s1. The fourth-order valence-corrected chi connectivity index (χ4v) is 4.83. The zero-order chi connectivity index (χ0) is 22.7. The van der Waals surface area contributed by atoms with Crippen molar-refractivity contribution in [3.63, 3.8) is 0 Å². The normalized spacial score (nSPS) is 18.7. The minimum Gasteiger partial charge on any atom is -0.367 e. The van der Waals surface area contributed by atoms with Gasteiger partial charge in [0.1, 0.15) is 0 Å². The van der Waals surface area contributed by atoms with Crippen molar-refractivity contribution in [2.75, 3.05) is 19.7 Å². The van der Waals surface area contributed by atoms with Crippen LogP contribution in [0.2, 0.25) is 0 Å². The van der Waals surface area contributed by atoms with Gasteiger partial charge in [-0.15, -0.1) is 11.3 Å². The largest absolute Gasteiger partial charge is 0.367 e. The number of pyridine rings is 1. The average molecular weight is 450 g/mol. The summed E-state index contributed by atoms with van der Waals surface area (Å²) in [5.74, 6) is -0.279. The summed E-state index contributed by atoms with van der Waals surface area (Å²) in [5.41, 5.74) is 8.19. The zero-order valence-corrected chi connectivity index (χ0v) is 19.1. The molecule has 0 aliphatic carbocycles. The summed E-state index contributed by atoms with van der Waals surface area (Å²) in [4.78, 5) is 32.6. The maximum Gasteiger partial charge on any atom is 0.254 e. The highest BCUT2D eigenvalue weighted by Crippen LogP contribution is 2.28. The molecule has 3 heterocycles. The van der Waals surface area contributed by atoms with Gasteiger partial charge in [-0.25, -0.2) is 0 Å². The molecule has 2 N–H and O–H groups in total. The summed E-state index contributed by atoms with van der Waals surface area (Å²) in [7, 11) is 0. The molecule has 32 heavy (non-hydrogen) atoms. The number of hydrogen-bond acceptors (Lipinski definition) is 5. The molecule has 0 spiro atoms. The Labute approximate surface area is 192 Å². The van der Waals surface area contributed by atoms with Crippen molar-refractivity contribution in [1.82, 2.24) is 9.88 Å². The number of benzene rings is 1. The summed E-state index contributed by atoms with van der Waals surface area (Å²) in [6.45, 7) is 5.04. The molecule has 1 fully saturated rings. The van der Waals surface area contributed by atoms with Crippen LogP contribution in [-0.4, -0.2) is 47.0 Å². The predicted octanol–water partition coefficient (Wildman–Crippen LogP) is 3.87. The van der Waals surface area contributed by atoms with Crippen LogP contribution in [0.5, 0.6) is 0 Å². The lowest BCUT2D eigenvalue weighted by atomic mass is 9.90. The van der Waals surface area contributed by atoms with Crippen LogP contribution in [0.15, 0.2) is 60.2 Å². The van der Waals surface area contributed by atoms with Gasteiger partial charge in [-0.1, -0.05) is 44.2 Å². The molecule has 2 aromatic heterocycles. The lowest BCUT2D eigenvalue weighted by molar-refractivity contribution is -0.153. The molecule has 0 radical (unpaired) electrons. The molecular weight excluding hydrogens is 422 g/mol. The van der Waals surface area contributed by atoms with Gasteiger partial charge < -0.3 is 15.4 Å². The molecule has 1 aromatic carbocycles. The zero-order valence-electron chi connectivity index (χ0n) is 18.3. The van der Waals surface area contributed by atoms with E-state index in [4.69, 9.17) is 10.5 Å². The summed E-state index contributed by atoms with van der Waals surface area (Å²) >= 11 is 1.58. The third-order valence-corrected chi connectivity index (χ3v) is 7.03. The third kappa shape index (κ3) is 4.59. The van der Waals surface area contributed by atoms with E-state index in [0.717, 1.165) is 21.6 Å². The SMILES string of the molecule is CC(C)c1cc(C(=O)N2CCO[C@](Cc3ccc(-c4cccnc4)cc3)(C(N)=O)C2)cs1. The maximum atomic E-state index is 13.1. The first kappa shape index (κ1) is 22.2. The van der Waals surface area contributed by atoms with E-state index in [1.54, 1.807) is 22.4 Å². The Hall–Kier alpha value is -3.03. The number of nitrogens with two attached hydrogens (primary N) is 1. The van der Waals surface area contributed by atoms with Gasteiger partial charge in [0.25, 0.3) is 11.8 Å². The Morgan fingerprint density at radius 3 is 2.62 bits per heavy atom. The molecule has 1 saturated heterocycles. The van der Waals surface area contributed by atoms with Gasteiger partial charge >= 0.3 is 0 Å².